The van der Waals surface area contributed by atoms with Gasteiger partial charge < -0.3 is 14.5 Å². The van der Waals surface area contributed by atoms with E-state index in [0.29, 0.717) is 6.04 Å². The quantitative estimate of drug-likeness (QED) is 0.571. The van der Waals surface area contributed by atoms with Gasteiger partial charge in [-0.2, -0.15) is 0 Å². The molecule has 8 heteroatoms. The smallest absolute Gasteiger partial charge is 0.410 e. The molecule has 1 spiro atoms. The first-order valence-electron chi connectivity index (χ1n) is 10.4. The molecule has 0 atom stereocenters. The molecule has 0 radical (unpaired) electrons. The maximum absolute atomic E-state index is 12.2. The average molecular weight is 402 g/mol. The fourth-order valence-electron chi connectivity index (χ4n) is 4.58. The standard InChI is InChI=1S/C21H30N4O4/c1-20(2,3)29-19(26)24-14-21(15-24)8-10-22(11-9-21)18-12-23(13-18)16-4-6-17(7-5-16)25(27)28/h4-7,18H,8-15H2,1-3H3. The van der Waals surface area contributed by atoms with Crippen molar-refractivity contribution in [3.63, 3.8) is 0 Å². The van der Waals surface area contributed by atoms with Crippen molar-refractivity contribution in [1.29, 1.82) is 0 Å². The molecule has 3 heterocycles. The Hall–Kier alpha value is -2.35. The predicted octanol–water partition coefficient (Wildman–Crippen LogP) is 3.12. The van der Waals surface area contributed by atoms with Crippen LogP contribution in [-0.4, -0.2) is 71.7 Å². The minimum atomic E-state index is -0.441. The minimum Gasteiger partial charge on any atom is -0.444 e. The highest BCUT2D eigenvalue weighted by Crippen LogP contribution is 2.42. The van der Waals surface area contributed by atoms with Crippen molar-refractivity contribution in [1.82, 2.24) is 9.80 Å². The molecule has 0 unspecified atom stereocenters. The summed E-state index contributed by atoms with van der Waals surface area (Å²) in [6.45, 7) is 11.4. The van der Waals surface area contributed by atoms with E-state index in [2.05, 4.69) is 9.80 Å². The lowest BCUT2D eigenvalue weighted by Crippen LogP contribution is -2.66. The lowest BCUT2D eigenvalue weighted by atomic mass is 9.72. The van der Waals surface area contributed by atoms with E-state index in [9.17, 15) is 14.9 Å². The predicted molar refractivity (Wildman–Crippen MR) is 110 cm³/mol. The van der Waals surface area contributed by atoms with E-state index >= 15 is 0 Å². The van der Waals surface area contributed by atoms with Crippen molar-refractivity contribution in [3.8, 4) is 0 Å². The van der Waals surface area contributed by atoms with Gasteiger partial charge in [-0.1, -0.05) is 0 Å². The van der Waals surface area contributed by atoms with Gasteiger partial charge in [-0.15, -0.1) is 0 Å². The molecule has 0 aliphatic carbocycles. The molecule has 3 fully saturated rings. The molecule has 1 aromatic carbocycles. The summed E-state index contributed by atoms with van der Waals surface area (Å²) in [7, 11) is 0. The van der Waals surface area contributed by atoms with E-state index in [1.54, 1.807) is 12.1 Å². The fraction of sp³-hybridized carbons (Fsp3) is 0.667. The lowest BCUT2D eigenvalue weighted by molar-refractivity contribution is -0.384. The van der Waals surface area contributed by atoms with Crippen LogP contribution in [-0.2, 0) is 4.74 Å². The van der Waals surface area contributed by atoms with Crippen LogP contribution in [0.5, 0.6) is 0 Å². The Balaban J connectivity index is 1.21. The summed E-state index contributed by atoms with van der Waals surface area (Å²) in [4.78, 5) is 29.3. The van der Waals surface area contributed by atoms with Crippen LogP contribution in [0.15, 0.2) is 24.3 Å². The highest BCUT2D eigenvalue weighted by atomic mass is 16.6. The Kier molecular flexibility index (Phi) is 4.93. The number of nitro groups is 1. The summed E-state index contributed by atoms with van der Waals surface area (Å²) < 4.78 is 5.47. The number of ether oxygens (including phenoxy) is 1. The average Bonchev–Trinajstić information content (AvgIpc) is 2.58. The number of likely N-dealkylation sites (tertiary alicyclic amines) is 2. The number of non-ortho nitro benzene ring substituents is 1. The highest BCUT2D eigenvalue weighted by Gasteiger charge is 2.49. The molecule has 4 rings (SSSR count). The summed E-state index contributed by atoms with van der Waals surface area (Å²) in [5.41, 5.74) is 1.01. The first-order chi connectivity index (χ1) is 13.6. The van der Waals surface area contributed by atoms with Crippen molar-refractivity contribution in [3.05, 3.63) is 34.4 Å². The van der Waals surface area contributed by atoms with Crippen LogP contribution in [0.4, 0.5) is 16.2 Å². The number of nitro benzene ring substituents is 1. The van der Waals surface area contributed by atoms with Crippen LogP contribution in [0, 0.1) is 15.5 Å². The van der Waals surface area contributed by atoms with Gasteiger partial charge in [0.05, 0.1) is 4.92 Å². The van der Waals surface area contributed by atoms with Crippen LogP contribution in [0.2, 0.25) is 0 Å². The van der Waals surface area contributed by atoms with Crippen molar-refractivity contribution in [2.75, 3.05) is 44.2 Å². The third-order valence-electron chi connectivity index (χ3n) is 6.37. The van der Waals surface area contributed by atoms with Crippen LogP contribution in [0.1, 0.15) is 33.6 Å². The van der Waals surface area contributed by atoms with Crippen LogP contribution >= 0.6 is 0 Å². The number of carbonyl (C=O) groups excluding carboxylic acids is 1. The Morgan fingerprint density at radius 2 is 1.72 bits per heavy atom. The molecule has 3 aliphatic heterocycles. The highest BCUT2D eigenvalue weighted by molar-refractivity contribution is 5.69. The third-order valence-corrected chi connectivity index (χ3v) is 6.37. The van der Waals surface area contributed by atoms with Gasteiger partial charge in [0.1, 0.15) is 5.60 Å². The van der Waals surface area contributed by atoms with Gasteiger partial charge in [0.2, 0.25) is 0 Å². The number of hydrogen-bond donors (Lipinski definition) is 0. The van der Waals surface area contributed by atoms with Gasteiger partial charge in [-0.25, -0.2) is 4.79 Å². The Labute approximate surface area is 171 Å². The molecule has 8 nitrogen and oxygen atoms in total. The number of piperidine rings is 1. The normalized spacial score (nSPS) is 22.2. The van der Waals surface area contributed by atoms with E-state index in [0.717, 1.165) is 57.8 Å². The number of anilines is 1. The maximum Gasteiger partial charge on any atom is 0.410 e. The summed E-state index contributed by atoms with van der Waals surface area (Å²) in [5.74, 6) is 0. The van der Waals surface area contributed by atoms with Gasteiger partial charge in [0, 0.05) is 55.5 Å². The number of rotatable bonds is 3. The van der Waals surface area contributed by atoms with Gasteiger partial charge in [-0.3, -0.25) is 15.0 Å². The third kappa shape index (κ3) is 4.17. The van der Waals surface area contributed by atoms with E-state index in [4.69, 9.17) is 4.74 Å². The number of carbonyl (C=O) groups is 1. The van der Waals surface area contributed by atoms with Crippen LogP contribution < -0.4 is 4.90 Å². The van der Waals surface area contributed by atoms with Crippen LogP contribution in [0.3, 0.4) is 0 Å². The largest absolute Gasteiger partial charge is 0.444 e. The monoisotopic (exact) mass is 402 g/mol. The molecule has 3 aliphatic rings. The molecule has 3 saturated heterocycles. The van der Waals surface area contributed by atoms with Crippen molar-refractivity contribution in [2.45, 2.75) is 45.3 Å². The summed E-state index contributed by atoms with van der Waals surface area (Å²) in [5, 5.41) is 10.8. The minimum absolute atomic E-state index is 0.132. The maximum atomic E-state index is 12.2. The Morgan fingerprint density at radius 3 is 2.24 bits per heavy atom. The molecular formula is C21H30N4O4. The van der Waals surface area contributed by atoms with Gasteiger partial charge in [-0.05, 0) is 58.8 Å². The van der Waals surface area contributed by atoms with Gasteiger partial charge in [0.25, 0.3) is 5.69 Å². The zero-order chi connectivity index (χ0) is 20.8. The number of hydrogen-bond acceptors (Lipinski definition) is 6. The molecule has 29 heavy (non-hydrogen) atoms. The first kappa shape index (κ1) is 19.9. The van der Waals surface area contributed by atoms with Gasteiger partial charge >= 0.3 is 6.09 Å². The zero-order valence-electron chi connectivity index (χ0n) is 17.5. The summed E-state index contributed by atoms with van der Waals surface area (Å²) in [6, 6.07) is 7.35. The van der Waals surface area contributed by atoms with E-state index in [1.807, 2.05) is 37.8 Å². The second kappa shape index (κ2) is 7.16. The number of amides is 1. The Bertz CT molecular complexity index is 767. The Morgan fingerprint density at radius 1 is 1.14 bits per heavy atom. The first-order valence-corrected chi connectivity index (χ1v) is 10.4. The second-order valence-corrected chi connectivity index (χ2v) is 9.70. The van der Waals surface area contributed by atoms with E-state index in [1.165, 1.54) is 0 Å². The van der Waals surface area contributed by atoms with E-state index < -0.39 is 5.60 Å². The van der Waals surface area contributed by atoms with Crippen molar-refractivity contribution < 1.29 is 14.5 Å². The second-order valence-electron chi connectivity index (χ2n) is 9.70. The fourth-order valence-corrected chi connectivity index (χ4v) is 4.58. The molecule has 1 amide bonds. The molecule has 0 N–H and O–H groups in total. The summed E-state index contributed by atoms with van der Waals surface area (Å²) >= 11 is 0. The lowest BCUT2D eigenvalue weighted by Gasteiger charge is -2.56. The molecule has 158 valence electrons. The topological polar surface area (TPSA) is 79.2 Å². The van der Waals surface area contributed by atoms with Crippen molar-refractivity contribution in [2.24, 2.45) is 5.41 Å². The summed E-state index contributed by atoms with van der Waals surface area (Å²) in [6.07, 6.45) is 2.06. The van der Waals surface area contributed by atoms with E-state index in [-0.39, 0.29) is 22.1 Å². The van der Waals surface area contributed by atoms with Crippen LogP contribution in [0.25, 0.3) is 0 Å². The SMILES string of the molecule is CC(C)(C)OC(=O)N1CC2(CCN(C3CN(c4ccc([N+](=O)[O-])cc4)C3)CC2)C1. The van der Waals surface area contributed by atoms with Gasteiger partial charge in [0.15, 0.2) is 0 Å². The molecule has 1 aromatic rings. The van der Waals surface area contributed by atoms with Crippen molar-refractivity contribution >= 4 is 17.5 Å². The number of benzene rings is 1. The zero-order valence-corrected chi connectivity index (χ0v) is 17.5. The molecular weight excluding hydrogens is 372 g/mol. The molecule has 0 bridgehead atoms. The molecule has 0 aromatic heterocycles. The molecule has 0 saturated carbocycles. The number of nitrogens with zero attached hydrogens (tertiary/aromatic N) is 4.